The lowest BCUT2D eigenvalue weighted by molar-refractivity contribution is 0.0827. The van der Waals surface area contributed by atoms with Crippen molar-refractivity contribution in [2.45, 2.75) is 20.1 Å². The summed E-state index contributed by atoms with van der Waals surface area (Å²) in [5.74, 6) is -1.18. The molecule has 0 N–H and O–H groups in total. The van der Waals surface area contributed by atoms with Crippen LogP contribution in [0.25, 0.3) is 0 Å². The lowest BCUT2D eigenvalue weighted by Gasteiger charge is -2.16. The van der Waals surface area contributed by atoms with Crippen molar-refractivity contribution >= 4 is 19.2 Å². The first-order valence-corrected chi connectivity index (χ1v) is 9.61. The van der Waals surface area contributed by atoms with E-state index in [1.807, 2.05) is 0 Å². The fourth-order valence-corrected chi connectivity index (χ4v) is 3.05. The summed E-state index contributed by atoms with van der Waals surface area (Å²) in [5, 5.41) is 0. The Morgan fingerprint density at radius 3 is 2.55 bits per heavy atom. The number of ether oxygens (including phenoxy) is 1. The first-order chi connectivity index (χ1) is 14.7. The van der Waals surface area contributed by atoms with E-state index < -0.39 is 11.6 Å². The van der Waals surface area contributed by atoms with Crippen LogP contribution in [0.2, 0.25) is 0 Å². The van der Waals surface area contributed by atoms with Gasteiger partial charge in [0.2, 0.25) is 5.56 Å². The molecule has 0 unspecified atom stereocenters. The van der Waals surface area contributed by atoms with Gasteiger partial charge < -0.3 is 14.2 Å². The van der Waals surface area contributed by atoms with Gasteiger partial charge >= 0.3 is 0 Å². The van der Waals surface area contributed by atoms with Crippen molar-refractivity contribution in [2.75, 3.05) is 14.1 Å². The van der Waals surface area contributed by atoms with E-state index in [1.54, 1.807) is 51.6 Å². The maximum absolute atomic E-state index is 13.8. The maximum Gasteiger partial charge on any atom is 0.254 e. The Kier molecular flexibility index (Phi) is 6.53. The van der Waals surface area contributed by atoms with Crippen LogP contribution in [0.5, 0.6) is 5.75 Å². The average molecular weight is 425 g/mol. The topological polar surface area (TPSA) is 64.4 Å². The van der Waals surface area contributed by atoms with E-state index in [4.69, 9.17) is 4.74 Å². The van der Waals surface area contributed by atoms with Crippen LogP contribution >= 0.6 is 0 Å². The number of amides is 1. The molecule has 0 saturated heterocycles. The van der Waals surface area contributed by atoms with E-state index in [0.717, 1.165) is 12.1 Å². The van der Waals surface area contributed by atoms with Crippen LogP contribution in [0.15, 0.2) is 47.4 Å². The number of hydrogen-bond donors (Lipinski definition) is 0. The Hall–Kier alpha value is -3.49. The fraction of sp³-hybridized carbons (Fsp3) is 0.227. The van der Waals surface area contributed by atoms with E-state index in [9.17, 15) is 18.4 Å². The van der Waals surface area contributed by atoms with Gasteiger partial charge in [-0.05, 0) is 37.3 Å². The van der Waals surface area contributed by atoms with Gasteiger partial charge in [0.05, 0.1) is 17.8 Å². The number of hydrogen-bond acceptors (Lipinski definition) is 4. The molecule has 0 saturated carbocycles. The number of aromatic nitrogens is 2. The molecule has 0 aliphatic heterocycles. The average Bonchev–Trinajstić information content (AvgIpc) is 2.73. The van der Waals surface area contributed by atoms with Crippen molar-refractivity contribution in [3.8, 4) is 5.75 Å². The maximum atomic E-state index is 13.8. The number of carbonyl (C=O) groups excluding carboxylic acids is 1. The van der Waals surface area contributed by atoms with Crippen molar-refractivity contribution in [2.24, 2.45) is 0 Å². The molecular formula is C22H22BF2N3O3. The predicted molar refractivity (Wildman–Crippen MR) is 116 cm³/mol. The summed E-state index contributed by atoms with van der Waals surface area (Å²) >= 11 is 0. The molecule has 9 heteroatoms. The van der Waals surface area contributed by atoms with Crippen LogP contribution < -0.4 is 15.8 Å². The third-order valence-corrected chi connectivity index (χ3v) is 4.90. The van der Waals surface area contributed by atoms with Gasteiger partial charge in [-0.2, -0.15) is 0 Å². The Morgan fingerprint density at radius 1 is 1.19 bits per heavy atom. The summed E-state index contributed by atoms with van der Waals surface area (Å²) in [4.78, 5) is 30.6. The van der Waals surface area contributed by atoms with Gasteiger partial charge in [-0.25, -0.2) is 8.78 Å². The zero-order valence-electron chi connectivity index (χ0n) is 17.8. The highest BCUT2D eigenvalue weighted by atomic mass is 19.1. The second-order valence-corrected chi connectivity index (χ2v) is 7.43. The molecule has 0 spiro atoms. The third-order valence-electron chi connectivity index (χ3n) is 4.90. The normalized spacial score (nSPS) is 10.7. The lowest BCUT2D eigenvalue weighted by atomic mass is 9.96. The first kappa shape index (κ1) is 22.2. The summed E-state index contributed by atoms with van der Waals surface area (Å²) in [6.45, 7) is 1.86. The number of rotatable bonds is 6. The Bertz CT molecular complexity index is 1180. The molecule has 0 bridgehead atoms. The molecule has 0 aliphatic rings. The summed E-state index contributed by atoms with van der Waals surface area (Å²) < 4.78 is 34.1. The van der Waals surface area contributed by atoms with Gasteiger partial charge in [0.1, 0.15) is 24.0 Å². The minimum atomic E-state index is -0.704. The minimum Gasteiger partial charge on any atom is -0.489 e. The van der Waals surface area contributed by atoms with Crippen molar-refractivity contribution in [3.63, 3.8) is 0 Å². The van der Waals surface area contributed by atoms with Gasteiger partial charge in [0.15, 0.2) is 7.85 Å². The molecule has 0 aliphatic carbocycles. The van der Waals surface area contributed by atoms with Crippen LogP contribution in [-0.2, 0) is 13.2 Å². The van der Waals surface area contributed by atoms with E-state index in [1.165, 1.54) is 17.2 Å². The smallest absolute Gasteiger partial charge is 0.254 e. The minimum absolute atomic E-state index is 0.126. The van der Waals surface area contributed by atoms with Gasteiger partial charge in [0.25, 0.3) is 5.91 Å². The van der Waals surface area contributed by atoms with Crippen LogP contribution in [0, 0.1) is 18.6 Å². The van der Waals surface area contributed by atoms with Crippen molar-refractivity contribution in [3.05, 3.63) is 87.1 Å². The van der Waals surface area contributed by atoms with Crippen LogP contribution in [0.3, 0.4) is 0 Å². The molecule has 2 heterocycles. The Labute approximate surface area is 179 Å². The molecule has 0 radical (unpaired) electrons. The summed E-state index contributed by atoms with van der Waals surface area (Å²) in [6.07, 6.45) is 1.49. The highest BCUT2D eigenvalue weighted by Gasteiger charge is 2.14. The van der Waals surface area contributed by atoms with Gasteiger partial charge in [-0.15, -0.1) is 0 Å². The zero-order valence-corrected chi connectivity index (χ0v) is 17.8. The van der Waals surface area contributed by atoms with Crippen molar-refractivity contribution in [1.29, 1.82) is 0 Å². The van der Waals surface area contributed by atoms with Gasteiger partial charge in [-0.1, -0.05) is 0 Å². The standard InChI is InChI=1S/C22H22BF2N3O3/c1-13-8-19(31-12-15-4-6-16(24)9-18(15)25)20(23)22(30)28(13)11-17-7-5-14(10-26-17)21(29)27(2)3/h4-10H,11-12,23H2,1-3H3. The largest absolute Gasteiger partial charge is 0.489 e. The first-order valence-electron chi connectivity index (χ1n) is 9.61. The Balaban J connectivity index is 1.80. The van der Waals surface area contributed by atoms with Gasteiger partial charge in [-0.3, -0.25) is 14.6 Å². The molecule has 3 aromatic rings. The van der Waals surface area contributed by atoms with E-state index in [-0.39, 0.29) is 30.2 Å². The highest BCUT2D eigenvalue weighted by Crippen LogP contribution is 2.15. The molecule has 0 fully saturated rings. The van der Waals surface area contributed by atoms with Crippen LogP contribution in [0.4, 0.5) is 8.78 Å². The van der Waals surface area contributed by atoms with Gasteiger partial charge in [0, 0.05) is 43.1 Å². The number of carbonyl (C=O) groups is 1. The van der Waals surface area contributed by atoms with E-state index in [0.29, 0.717) is 28.2 Å². The third kappa shape index (κ3) is 4.99. The number of benzene rings is 1. The number of nitrogens with zero attached hydrogens (tertiary/aromatic N) is 3. The second kappa shape index (κ2) is 9.12. The van der Waals surface area contributed by atoms with Crippen LogP contribution in [-0.4, -0.2) is 42.3 Å². The van der Waals surface area contributed by atoms with Crippen molar-refractivity contribution in [1.82, 2.24) is 14.5 Å². The summed E-state index contributed by atoms with van der Waals surface area (Å²) in [6, 6.07) is 8.33. The van der Waals surface area contributed by atoms with Crippen molar-refractivity contribution < 1.29 is 18.3 Å². The monoisotopic (exact) mass is 425 g/mol. The molecule has 6 nitrogen and oxygen atoms in total. The van der Waals surface area contributed by atoms with E-state index in [2.05, 4.69) is 4.98 Å². The number of aryl methyl sites for hydroxylation is 1. The zero-order chi connectivity index (χ0) is 22.7. The molecular weight excluding hydrogens is 403 g/mol. The molecule has 0 atom stereocenters. The second-order valence-electron chi connectivity index (χ2n) is 7.43. The van der Waals surface area contributed by atoms with E-state index >= 15 is 0 Å². The Morgan fingerprint density at radius 2 is 1.94 bits per heavy atom. The highest BCUT2D eigenvalue weighted by molar-refractivity contribution is 6.33. The number of halogens is 2. The summed E-state index contributed by atoms with van der Waals surface area (Å²) in [7, 11) is 4.95. The summed E-state index contributed by atoms with van der Waals surface area (Å²) in [5.41, 5.74) is 2.03. The molecule has 1 amide bonds. The quantitative estimate of drug-likeness (QED) is 0.561. The molecule has 1 aromatic carbocycles. The molecule has 3 rings (SSSR count). The SMILES string of the molecule is Bc1c(OCc2ccc(F)cc2F)cc(C)n(Cc2ccc(C(=O)N(C)C)cn2)c1=O. The predicted octanol–water partition coefficient (Wildman–Crippen LogP) is 1.42. The molecule has 160 valence electrons. The molecule has 31 heavy (non-hydrogen) atoms. The molecule has 2 aromatic heterocycles. The lowest BCUT2D eigenvalue weighted by Crippen LogP contribution is -2.37. The fourth-order valence-electron chi connectivity index (χ4n) is 3.05. The number of pyridine rings is 2. The van der Waals surface area contributed by atoms with Crippen LogP contribution in [0.1, 0.15) is 27.3 Å².